The van der Waals surface area contributed by atoms with E-state index in [1.165, 1.54) is 16.5 Å². The first-order valence-corrected chi connectivity index (χ1v) is 8.04. The van der Waals surface area contributed by atoms with Crippen LogP contribution in [0.25, 0.3) is 16.6 Å². The van der Waals surface area contributed by atoms with Gasteiger partial charge in [0, 0.05) is 11.1 Å². The average molecular weight is 313 g/mol. The first-order chi connectivity index (χ1) is 10.7. The smallest absolute Gasteiger partial charge is 0.117 e. The molecular weight excluding hydrogens is 292 g/mol. The second kappa shape index (κ2) is 6.55. The van der Waals surface area contributed by atoms with E-state index in [0.29, 0.717) is 0 Å². The molecule has 0 spiro atoms. The maximum Gasteiger partial charge on any atom is 0.117 e. The summed E-state index contributed by atoms with van der Waals surface area (Å²) in [6.07, 6.45) is 2.10. The van der Waals surface area contributed by atoms with Crippen molar-refractivity contribution in [2.24, 2.45) is 0 Å². The second-order valence-electron chi connectivity index (χ2n) is 5.86. The minimum Gasteiger partial charge on any atom is -0.309 e. The topological polar surface area (TPSA) is 8.17 Å². The highest BCUT2D eigenvalue weighted by atomic mass is 35.5. The van der Waals surface area contributed by atoms with E-state index < -0.39 is 0 Å². The molecule has 0 unspecified atom stereocenters. The molecule has 114 valence electrons. The maximum atomic E-state index is 6.75. The van der Waals surface area contributed by atoms with Crippen LogP contribution in [-0.4, -0.2) is 30.1 Å². The molecule has 0 amide bonds. The summed E-state index contributed by atoms with van der Waals surface area (Å²) in [4.78, 5) is 2.21. The van der Waals surface area contributed by atoms with Gasteiger partial charge in [0.2, 0.25) is 0 Å². The Hall–Kier alpha value is -1.77. The summed E-state index contributed by atoms with van der Waals surface area (Å²) in [6.45, 7) is 1.07. The quantitative estimate of drug-likeness (QED) is 0.658. The molecule has 0 atom stereocenters. The van der Waals surface area contributed by atoms with Gasteiger partial charge in [-0.3, -0.25) is 4.57 Å². The molecule has 3 rings (SSSR count). The molecule has 0 N–H and O–H groups in total. The number of hydrogen-bond donors (Lipinski definition) is 0. The molecule has 0 bridgehead atoms. The highest BCUT2D eigenvalue weighted by Gasteiger charge is 2.16. The molecule has 3 aromatic rings. The lowest BCUT2D eigenvalue weighted by Gasteiger charge is -2.09. The largest absolute Gasteiger partial charge is 0.309 e. The average Bonchev–Trinajstić information content (AvgIpc) is 2.80. The number of aryl methyl sites for hydroxylation is 1. The van der Waals surface area contributed by atoms with Crippen molar-refractivity contribution in [3.05, 3.63) is 65.3 Å². The molecule has 0 saturated heterocycles. The van der Waals surface area contributed by atoms with Crippen molar-refractivity contribution >= 4 is 22.5 Å². The lowest BCUT2D eigenvalue weighted by atomic mass is 10.1. The predicted molar refractivity (Wildman–Crippen MR) is 95.2 cm³/mol. The molecule has 1 heterocycles. The minimum absolute atomic E-state index is 0.839. The summed E-state index contributed by atoms with van der Waals surface area (Å²) < 4.78 is 2.15. The molecule has 0 fully saturated rings. The fraction of sp³-hybridized carbons (Fsp3) is 0.263. The van der Waals surface area contributed by atoms with Crippen LogP contribution >= 0.6 is 11.6 Å². The first-order valence-electron chi connectivity index (χ1n) is 7.66. The van der Waals surface area contributed by atoms with Crippen molar-refractivity contribution in [2.75, 3.05) is 20.6 Å². The van der Waals surface area contributed by atoms with Crippen LogP contribution in [0, 0.1) is 0 Å². The molecule has 3 heteroatoms. The van der Waals surface area contributed by atoms with Gasteiger partial charge in [-0.15, -0.1) is 0 Å². The van der Waals surface area contributed by atoms with Crippen LogP contribution in [0.1, 0.15) is 12.0 Å². The maximum absolute atomic E-state index is 6.75. The van der Waals surface area contributed by atoms with Crippen LogP contribution in [0.5, 0.6) is 0 Å². The summed E-state index contributed by atoms with van der Waals surface area (Å²) in [7, 11) is 4.21. The van der Waals surface area contributed by atoms with Gasteiger partial charge in [-0.1, -0.05) is 48.0 Å². The summed E-state index contributed by atoms with van der Waals surface area (Å²) in [5.74, 6) is 0. The van der Waals surface area contributed by atoms with E-state index in [-0.39, 0.29) is 0 Å². The van der Waals surface area contributed by atoms with Crippen molar-refractivity contribution < 1.29 is 0 Å². The minimum atomic E-state index is 0.839. The van der Waals surface area contributed by atoms with Gasteiger partial charge in [0.05, 0.1) is 5.52 Å². The van der Waals surface area contributed by atoms with Gasteiger partial charge in [-0.2, -0.15) is 0 Å². The normalized spacial score (nSPS) is 11.5. The molecule has 0 aliphatic rings. The van der Waals surface area contributed by atoms with Crippen LogP contribution in [0.15, 0.2) is 54.6 Å². The highest BCUT2D eigenvalue weighted by molar-refractivity contribution is 6.32. The highest BCUT2D eigenvalue weighted by Crippen LogP contribution is 2.33. The number of halogens is 1. The Bertz CT molecular complexity index is 760. The van der Waals surface area contributed by atoms with Crippen molar-refractivity contribution in [1.29, 1.82) is 0 Å². The van der Waals surface area contributed by atoms with Crippen molar-refractivity contribution in [1.82, 2.24) is 9.47 Å². The van der Waals surface area contributed by atoms with Crippen molar-refractivity contribution in [2.45, 2.75) is 12.8 Å². The number of aromatic nitrogens is 1. The van der Waals surface area contributed by atoms with Gasteiger partial charge in [0.15, 0.2) is 0 Å². The van der Waals surface area contributed by atoms with Gasteiger partial charge < -0.3 is 4.90 Å². The molecule has 2 aromatic carbocycles. The Morgan fingerprint density at radius 2 is 1.64 bits per heavy atom. The Labute approximate surface area is 136 Å². The lowest BCUT2D eigenvalue weighted by Crippen LogP contribution is -2.13. The van der Waals surface area contributed by atoms with Crippen LogP contribution in [0.3, 0.4) is 0 Å². The summed E-state index contributed by atoms with van der Waals surface area (Å²) in [5.41, 5.74) is 3.55. The van der Waals surface area contributed by atoms with Gasteiger partial charge in [0.25, 0.3) is 0 Å². The van der Waals surface area contributed by atoms with Crippen LogP contribution < -0.4 is 0 Å². The molecule has 0 radical (unpaired) electrons. The zero-order chi connectivity index (χ0) is 15.5. The monoisotopic (exact) mass is 312 g/mol. The first kappa shape index (κ1) is 15.1. The van der Waals surface area contributed by atoms with E-state index in [9.17, 15) is 0 Å². The third kappa shape index (κ3) is 2.90. The fourth-order valence-electron chi connectivity index (χ4n) is 2.92. The molecular formula is C19H21ClN2. The van der Waals surface area contributed by atoms with Crippen molar-refractivity contribution in [3.63, 3.8) is 0 Å². The number of nitrogens with zero attached hydrogens (tertiary/aromatic N) is 2. The summed E-state index contributed by atoms with van der Waals surface area (Å²) in [6, 6.07) is 18.8. The molecule has 0 saturated carbocycles. The van der Waals surface area contributed by atoms with E-state index in [0.717, 1.165) is 30.2 Å². The van der Waals surface area contributed by atoms with E-state index in [4.69, 9.17) is 11.6 Å². The number of rotatable bonds is 5. The second-order valence-corrected chi connectivity index (χ2v) is 6.22. The Morgan fingerprint density at radius 1 is 0.955 bits per heavy atom. The van der Waals surface area contributed by atoms with Gasteiger partial charge >= 0.3 is 0 Å². The number of para-hydroxylation sites is 2. The van der Waals surface area contributed by atoms with Gasteiger partial charge in [0.1, 0.15) is 5.15 Å². The standard InChI is InChI=1S/C19H21ClN2/c1-21(2)14-8-12-17-16-11-6-7-13-18(16)22(19(17)20)15-9-4-3-5-10-15/h3-7,9-11,13H,8,12,14H2,1-2H3. The van der Waals surface area contributed by atoms with Gasteiger partial charge in [-0.05, 0) is 57.2 Å². The van der Waals surface area contributed by atoms with Crippen molar-refractivity contribution in [3.8, 4) is 5.69 Å². The van der Waals surface area contributed by atoms with E-state index in [1.807, 2.05) is 18.2 Å². The molecule has 1 aromatic heterocycles. The zero-order valence-corrected chi connectivity index (χ0v) is 13.8. The fourth-order valence-corrected chi connectivity index (χ4v) is 3.30. The summed E-state index contributed by atoms with van der Waals surface area (Å²) in [5, 5.41) is 2.10. The van der Waals surface area contributed by atoms with E-state index >= 15 is 0 Å². The zero-order valence-electron chi connectivity index (χ0n) is 13.1. The predicted octanol–water partition coefficient (Wildman–Crippen LogP) is 4.78. The number of fused-ring (bicyclic) bond motifs is 1. The number of benzene rings is 2. The van der Waals surface area contributed by atoms with E-state index in [1.54, 1.807) is 0 Å². The van der Waals surface area contributed by atoms with Crippen LogP contribution in [-0.2, 0) is 6.42 Å². The van der Waals surface area contributed by atoms with Crippen LogP contribution in [0.2, 0.25) is 5.15 Å². The molecule has 0 aliphatic heterocycles. The lowest BCUT2D eigenvalue weighted by molar-refractivity contribution is 0.400. The number of hydrogen-bond acceptors (Lipinski definition) is 1. The third-order valence-corrected chi connectivity index (χ3v) is 4.36. The van der Waals surface area contributed by atoms with Gasteiger partial charge in [-0.25, -0.2) is 0 Å². The molecule has 2 nitrogen and oxygen atoms in total. The van der Waals surface area contributed by atoms with Crippen LogP contribution in [0.4, 0.5) is 0 Å². The Kier molecular flexibility index (Phi) is 4.51. The Balaban J connectivity index is 2.08. The van der Waals surface area contributed by atoms with E-state index in [2.05, 4.69) is 60.0 Å². The summed E-state index contributed by atoms with van der Waals surface area (Å²) >= 11 is 6.75. The Morgan fingerprint density at radius 3 is 2.36 bits per heavy atom. The third-order valence-electron chi connectivity index (χ3n) is 3.96. The molecule has 0 aliphatic carbocycles. The molecule has 22 heavy (non-hydrogen) atoms. The SMILES string of the molecule is CN(C)CCCc1c(Cl)n(-c2ccccc2)c2ccccc12.